The zero-order valence-corrected chi connectivity index (χ0v) is 15.3. The minimum atomic E-state index is -0.552. The Morgan fingerprint density at radius 3 is 2.36 bits per heavy atom. The number of hydrogen-bond donors (Lipinski definition) is 0. The van der Waals surface area contributed by atoms with Gasteiger partial charge in [-0.2, -0.15) is 0 Å². The van der Waals surface area contributed by atoms with E-state index in [-0.39, 0.29) is 24.2 Å². The van der Waals surface area contributed by atoms with Gasteiger partial charge >= 0.3 is 6.09 Å². The minimum Gasteiger partial charge on any atom is -0.444 e. The zero-order chi connectivity index (χ0) is 17.1. The van der Waals surface area contributed by atoms with E-state index in [9.17, 15) is 9.59 Å². The van der Waals surface area contributed by atoms with Crippen LogP contribution in [0, 0.1) is 12.8 Å². The Labute approximate surface area is 136 Å². The lowest BCUT2D eigenvalue weighted by atomic mass is 9.97. The van der Waals surface area contributed by atoms with Crippen LogP contribution in [0.4, 0.5) is 4.79 Å². The van der Waals surface area contributed by atoms with Gasteiger partial charge in [0.15, 0.2) is 10.8 Å². The van der Waals surface area contributed by atoms with E-state index in [1.165, 1.54) is 16.2 Å². The van der Waals surface area contributed by atoms with E-state index < -0.39 is 11.7 Å². The highest BCUT2D eigenvalue weighted by Crippen LogP contribution is 2.20. The highest BCUT2D eigenvalue weighted by molar-refractivity contribution is 7.11. The van der Waals surface area contributed by atoms with Crippen LogP contribution in [0.3, 0.4) is 0 Å². The molecule has 0 unspecified atom stereocenters. The Hall–Kier alpha value is -1.43. The number of carbonyl (C=O) groups excluding carboxylic acids is 2. The van der Waals surface area contributed by atoms with Gasteiger partial charge in [-0.3, -0.25) is 4.79 Å². The summed E-state index contributed by atoms with van der Waals surface area (Å²) >= 11 is 1.35. The lowest BCUT2D eigenvalue weighted by Crippen LogP contribution is -2.44. The van der Waals surface area contributed by atoms with E-state index in [4.69, 9.17) is 4.74 Å². The van der Waals surface area contributed by atoms with Crippen molar-refractivity contribution >= 4 is 23.2 Å². The maximum atomic E-state index is 12.4. The van der Waals surface area contributed by atoms with Gasteiger partial charge in [-0.05, 0) is 33.6 Å². The number of aromatic nitrogens is 1. The Morgan fingerprint density at radius 1 is 1.36 bits per heavy atom. The van der Waals surface area contributed by atoms with Crippen molar-refractivity contribution in [2.75, 3.05) is 7.05 Å². The van der Waals surface area contributed by atoms with E-state index in [1.54, 1.807) is 7.05 Å². The average Bonchev–Trinajstić information content (AvgIpc) is 2.79. The third-order valence-electron chi connectivity index (χ3n) is 3.20. The summed E-state index contributed by atoms with van der Waals surface area (Å²) in [5.74, 6) is 0.106. The fraction of sp³-hybridized carbons (Fsp3) is 0.688. The molecule has 0 aromatic carbocycles. The molecule has 6 heteroatoms. The molecule has 0 saturated heterocycles. The van der Waals surface area contributed by atoms with Gasteiger partial charge in [-0.15, -0.1) is 11.3 Å². The Kier molecular flexibility index (Phi) is 6.11. The summed E-state index contributed by atoms with van der Waals surface area (Å²) in [6.45, 7) is 11.3. The van der Waals surface area contributed by atoms with E-state index in [0.717, 1.165) is 5.69 Å². The lowest BCUT2D eigenvalue weighted by molar-refractivity contribution is 0.0174. The molecule has 1 atom stereocenters. The predicted molar refractivity (Wildman–Crippen MR) is 88.4 cm³/mol. The van der Waals surface area contributed by atoms with Crippen LogP contribution in [-0.2, 0) is 4.74 Å². The molecule has 0 aliphatic rings. The molecule has 0 saturated carbocycles. The van der Waals surface area contributed by atoms with Crippen molar-refractivity contribution in [1.82, 2.24) is 9.88 Å². The summed E-state index contributed by atoms with van der Waals surface area (Å²) in [6.07, 6.45) is -0.158. The summed E-state index contributed by atoms with van der Waals surface area (Å²) in [5, 5.41) is 2.36. The zero-order valence-electron chi connectivity index (χ0n) is 14.5. The normalized spacial score (nSPS) is 13.1. The molecular formula is C16H26N2O3S. The Bertz CT molecular complexity index is 532. The summed E-state index contributed by atoms with van der Waals surface area (Å²) in [7, 11) is 1.68. The molecule has 0 N–H and O–H groups in total. The predicted octanol–water partition coefficient (Wildman–Crippen LogP) is 3.92. The van der Waals surface area contributed by atoms with Crippen LogP contribution < -0.4 is 0 Å². The van der Waals surface area contributed by atoms with Crippen LogP contribution in [0.2, 0.25) is 0 Å². The maximum Gasteiger partial charge on any atom is 0.410 e. The van der Waals surface area contributed by atoms with Gasteiger partial charge < -0.3 is 9.64 Å². The van der Waals surface area contributed by atoms with Gasteiger partial charge in [0, 0.05) is 30.6 Å². The molecule has 22 heavy (non-hydrogen) atoms. The highest BCUT2D eigenvalue weighted by atomic mass is 32.1. The second kappa shape index (κ2) is 7.22. The summed E-state index contributed by atoms with van der Waals surface area (Å²) < 4.78 is 5.38. The molecule has 1 amide bonds. The number of ketones is 1. The molecule has 0 aliphatic heterocycles. The SMILES string of the molecule is Cc1csc(C(=O)C[C@H](C(C)C)N(C)C(=O)OC(C)(C)C)n1. The molecular weight excluding hydrogens is 300 g/mol. The van der Waals surface area contributed by atoms with Crippen molar-refractivity contribution in [2.45, 2.75) is 59.6 Å². The van der Waals surface area contributed by atoms with Gasteiger partial charge in [0.05, 0.1) is 0 Å². The number of rotatable bonds is 5. The van der Waals surface area contributed by atoms with Crippen LogP contribution in [-0.4, -0.2) is 40.5 Å². The number of ether oxygens (including phenoxy) is 1. The maximum absolute atomic E-state index is 12.4. The largest absolute Gasteiger partial charge is 0.444 e. The second-order valence-corrected chi connectivity index (χ2v) is 7.68. The first kappa shape index (κ1) is 18.6. The second-order valence-electron chi connectivity index (χ2n) is 6.82. The van der Waals surface area contributed by atoms with E-state index in [0.29, 0.717) is 5.01 Å². The summed E-state index contributed by atoms with van der Waals surface area (Å²) in [6, 6.07) is -0.216. The molecule has 0 bridgehead atoms. The quantitative estimate of drug-likeness (QED) is 0.770. The number of hydrogen-bond acceptors (Lipinski definition) is 5. The fourth-order valence-electron chi connectivity index (χ4n) is 2.05. The minimum absolute atomic E-state index is 0.0350. The molecule has 5 nitrogen and oxygen atoms in total. The van der Waals surface area contributed by atoms with Crippen molar-refractivity contribution in [3.8, 4) is 0 Å². The van der Waals surface area contributed by atoms with Crippen LogP contribution in [0.5, 0.6) is 0 Å². The molecule has 0 radical (unpaired) electrons. The Balaban J connectivity index is 2.80. The molecule has 1 heterocycles. The monoisotopic (exact) mass is 326 g/mol. The molecule has 0 spiro atoms. The molecule has 124 valence electrons. The fourth-order valence-corrected chi connectivity index (χ4v) is 2.79. The molecule has 1 rings (SSSR count). The number of nitrogens with zero attached hydrogens (tertiary/aromatic N) is 2. The lowest BCUT2D eigenvalue weighted by Gasteiger charge is -2.32. The molecule has 1 aromatic rings. The van der Waals surface area contributed by atoms with Gasteiger partial charge in [0.25, 0.3) is 0 Å². The van der Waals surface area contributed by atoms with Crippen LogP contribution >= 0.6 is 11.3 Å². The van der Waals surface area contributed by atoms with E-state index >= 15 is 0 Å². The number of amides is 1. The first-order chi connectivity index (χ1) is 10.0. The van der Waals surface area contributed by atoms with Crippen LogP contribution in [0.1, 0.15) is 56.5 Å². The van der Waals surface area contributed by atoms with E-state index in [1.807, 2.05) is 46.9 Å². The number of thiazole rings is 1. The van der Waals surface area contributed by atoms with Crippen molar-refractivity contribution in [3.63, 3.8) is 0 Å². The molecule has 0 aliphatic carbocycles. The van der Waals surface area contributed by atoms with Gasteiger partial charge in [-0.1, -0.05) is 13.8 Å². The molecule has 1 aromatic heterocycles. The summed E-state index contributed by atoms with van der Waals surface area (Å²) in [5.41, 5.74) is 0.290. The third kappa shape index (κ3) is 5.40. The van der Waals surface area contributed by atoms with Crippen molar-refractivity contribution in [2.24, 2.45) is 5.92 Å². The number of Topliss-reactive ketones (excluding diaryl/α,β-unsaturated/α-hetero) is 1. The van der Waals surface area contributed by atoms with Crippen molar-refractivity contribution in [1.29, 1.82) is 0 Å². The third-order valence-corrected chi connectivity index (χ3v) is 4.20. The number of carbonyl (C=O) groups is 2. The standard InChI is InChI=1S/C16H26N2O3S/c1-10(2)12(18(7)15(20)21-16(4,5)6)8-13(19)14-17-11(3)9-22-14/h9-10,12H,8H2,1-7H3/t12-/m1/s1. The molecule has 0 fully saturated rings. The van der Waals surface area contributed by atoms with E-state index in [2.05, 4.69) is 4.98 Å². The van der Waals surface area contributed by atoms with Crippen molar-refractivity contribution < 1.29 is 14.3 Å². The highest BCUT2D eigenvalue weighted by Gasteiger charge is 2.29. The first-order valence-electron chi connectivity index (χ1n) is 7.42. The van der Waals surface area contributed by atoms with Crippen molar-refractivity contribution in [3.05, 3.63) is 16.1 Å². The first-order valence-corrected chi connectivity index (χ1v) is 8.30. The Morgan fingerprint density at radius 2 is 1.95 bits per heavy atom. The van der Waals surface area contributed by atoms with Crippen LogP contribution in [0.15, 0.2) is 5.38 Å². The van der Waals surface area contributed by atoms with Gasteiger partial charge in [0.2, 0.25) is 0 Å². The van der Waals surface area contributed by atoms with Gasteiger partial charge in [0.1, 0.15) is 5.60 Å². The van der Waals surface area contributed by atoms with Crippen LogP contribution in [0.25, 0.3) is 0 Å². The number of aryl methyl sites for hydroxylation is 1. The smallest absolute Gasteiger partial charge is 0.410 e. The topological polar surface area (TPSA) is 59.5 Å². The average molecular weight is 326 g/mol. The summed E-state index contributed by atoms with van der Waals surface area (Å²) in [4.78, 5) is 30.3. The van der Waals surface area contributed by atoms with Gasteiger partial charge in [-0.25, -0.2) is 9.78 Å².